The molecule has 41 heavy (non-hydrogen) atoms. The molecule has 0 saturated heterocycles. The second kappa shape index (κ2) is 13.6. The van der Waals surface area contributed by atoms with Gasteiger partial charge in [-0.05, 0) is 36.1 Å². The fourth-order valence-electron chi connectivity index (χ4n) is 4.11. The number of rotatable bonds is 12. The summed E-state index contributed by atoms with van der Waals surface area (Å²) in [6.07, 6.45) is -1.06. The Hall–Kier alpha value is -4.69. The SMILES string of the molecule is C=C(CNC(=O)C(NC(=O)c1nn(Cc2ccc(C#N)cc2)c2ccccc12)C(C)(C)C)NC(OC)C(=O)OCC. The van der Waals surface area contributed by atoms with Crippen LogP contribution in [0.25, 0.3) is 10.9 Å². The summed E-state index contributed by atoms with van der Waals surface area (Å²) in [4.78, 5) is 38.7. The van der Waals surface area contributed by atoms with Crippen molar-refractivity contribution in [2.24, 2.45) is 5.41 Å². The number of carbonyl (C=O) groups excluding carboxylic acids is 3. The predicted molar refractivity (Wildman–Crippen MR) is 153 cm³/mol. The first-order valence-corrected chi connectivity index (χ1v) is 13.1. The van der Waals surface area contributed by atoms with Crippen LogP contribution in [0.5, 0.6) is 0 Å². The Kier molecular flexibility index (Phi) is 10.2. The van der Waals surface area contributed by atoms with E-state index in [1.54, 1.807) is 23.7 Å². The largest absolute Gasteiger partial charge is 0.463 e. The summed E-state index contributed by atoms with van der Waals surface area (Å²) in [5, 5.41) is 22.7. The van der Waals surface area contributed by atoms with Gasteiger partial charge in [-0.2, -0.15) is 10.4 Å². The first kappa shape index (κ1) is 30.8. The van der Waals surface area contributed by atoms with Gasteiger partial charge in [0, 0.05) is 18.2 Å². The molecule has 0 aliphatic carbocycles. The Labute approximate surface area is 239 Å². The molecule has 0 radical (unpaired) electrons. The maximum atomic E-state index is 13.5. The molecule has 0 spiro atoms. The number of amides is 2. The zero-order chi connectivity index (χ0) is 30.2. The van der Waals surface area contributed by atoms with Crippen LogP contribution in [0, 0.1) is 16.7 Å². The lowest BCUT2D eigenvalue weighted by atomic mass is 9.86. The van der Waals surface area contributed by atoms with E-state index in [0.717, 1.165) is 11.1 Å². The summed E-state index contributed by atoms with van der Waals surface area (Å²) in [6, 6.07) is 15.7. The highest BCUT2D eigenvalue weighted by Crippen LogP contribution is 2.23. The maximum absolute atomic E-state index is 13.5. The van der Waals surface area contributed by atoms with Crippen molar-refractivity contribution >= 4 is 28.7 Å². The van der Waals surface area contributed by atoms with E-state index in [9.17, 15) is 14.4 Å². The number of benzene rings is 2. The van der Waals surface area contributed by atoms with Gasteiger partial charge in [0.2, 0.25) is 12.1 Å². The highest BCUT2D eigenvalue weighted by Gasteiger charge is 2.34. The van der Waals surface area contributed by atoms with E-state index in [4.69, 9.17) is 14.7 Å². The molecule has 1 aromatic heterocycles. The van der Waals surface area contributed by atoms with Gasteiger partial charge in [0.05, 0.1) is 36.8 Å². The number of hydrogen-bond donors (Lipinski definition) is 3. The summed E-state index contributed by atoms with van der Waals surface area (Å²) >= 11 is 0. The van der Waals surface area contributed by atoms with Crippen LogP contribution in [0.3, 0.4) is 0 Å². The standard InChI is InChI=1S/C30H36N6O5/c1-7-41-29(39)28(40-6)33-19(2)17-32-27(38)25(30(3,4)5)34-26(37)24-22-10-8-9-11-23(22)36(35-24)18-21-14-12-20(16-31)13-15-21/h8-15,25,28,33H,2,7,17-18H2,1,3-6H3,(H,32,38)(H,34,37). The average molecular weight is 561 g/mol. The van der Waals surface area contributed by atoms with Gasteiger partial charge in [0.15, 0.2) is 5.69 Å². The van der Waals surface area contributed by atoms with E-state index < -0.39 is 35.5 Å². The monoisotopic (exact) mass is 560 g/mol. The zero-order valence-corrected chi connectivity index (χ0v) is 24.0. The maximum Gasteiger partial charge on any atom is 0.356 e. The molecule has 216 valence electrons. The van der Waals surface area contributed by atoms with Gasteiger partial charge < -0.3 is 25.4 Å². The smallest absolute Gasteiger partial charge is 0.356 e. The highest BCUT2D eigenvalue weighted by atomic mass is 16.6. The lowest BCUT2D eigenvalue weighted by Crippen LogP contribution is -2.54. The van der Waals surface area contributed by atoms with Gasteiger partial charge in [-0.25, -0.2) is 4.79 Å². The van der Waals surface area contributed by atoms with E-state index in [0.29, 0.717) is 23.2 Å². The Balaban J connectivity index is 1.75. The first-order chi connectivity index (χ1) is 19.5. The number of nitriles is 1. The minimum absolute atomic E-state index is 0.0112. The van der Waals surface area contributed by atoms with E-state index in [1.165, 1.54) is 7.11 Å². The number of esters is 1. The molecule has 2 aromatic carbocycles. The number of hydrogen-bond acceptors (Lipinski definition) is 8. The number of nitrogens with zero attached hydrogens (tertiary/aromatic N) is 3. The number of carbonyl (C=O) groups is 3. The van der Waals surface area contributed by atoms with E-state index in [1.807, 2.05) is 57.2 Å². The van der Waals surface area contributed by atoms with Crippen molar-refractivity contribution in [2.45, 2.75) is 46.5 Å². The van der Waals surface area contributed by atoms with Crippen LogP contribution in [0.2, 0.25) is 0 Å². The summed E-state index contributed by atoms with van der Waals surface area (Å²) in [5.74, 6) is -1.53. The number of ether oxygens (including phenoxy) is 2. The van der Waals surface area contributed by atoms with Crippen LogP contribution in [0.15, 0.2) is 60.8 Å². The molecule has 0 aliphatic rings. The molecule has 1 heterocycles. The molecule has 2 unspecified atom stereocenters. The van der Waals surface area contributed by atoms with Crippen LogP contribution in [0.1, 0.15) is 49.3 Å². The van der Waals surface area contributed by atoms with Crippen molar-refractivity contribution in [3.8, 4) is 6.07 Å². The third-order valence-electron chi connectivity index (χ3n) is 6.24. The van der Waals surface area contributed by atoms with Crippen LogP contribution < -0.4 is 16.0 Å². The molecule has 2 atom stereocenters. The molecular formula is C30H36N6O5. The van der Waals surface area contributed by atoms with Crippen LogP contribution in [0.4, 0.5) is 0 Å². The Morgan fingerprint density at radius 3 is 2.39 bits per heavy atom. The summed E-state index contributed by atoms with van der Waals surface area (Å²) < 4.78 is 11.8. The molecule has 0 saturated carbocycles. The number of methoxy groups -OCH3 is 1. The second-order valence-corrected chi connectivity index (χ2v) is 10.4. The molecule has 0 bridgehead atoms. The van der Waals surface area contributed by atoms with Crippen molar-refractivity contribution < 1.29 is 23.9 Å². The van der Waals surface area contributed by atoms with Gasteiger partial charge in [0.1, 0.15) is 6.04 Å². The molecule has 3 rings (SSSR count). The van der Waals surface area contributed by atoms with E-state index in [2.05, 4.69) is 33.7 Å². The number of para-hydroxylation sites is 1. The third kappa shape index (κ3) is 7.93. The molecular weight excluding hydrogens is 524 g/mol. The predicted octanol–water partition coefficient (Wildman–Crippen LogP) is 2.86. The van der Waals surface area contributed by atoms with E-state index >= 15 is 0 Å². The highest BCUT2D eigenvalue weighted by molar-refractivity contribution is 6.06. The Bertz CT molecular complexity index is 1450. The fourth-order valence-corrected chi connectivity index (χ4v) is 4.11. The van der Waals surface area contributed by atoms with Gasteiger partial charge >= 0.3 is 5.97 Å². The quantitative estimate of drug-likeness (QED) is 0.226. The van der Waals surface area contributed by atoms with Gasteiger partial charge in [-0.1, -0.05) is 57.7 Å². The lowest BCUT2D eigenvalue weighted by Gasteiger charge is -2.30. The Morgan fingerprint density at radius 1 is 1.10 bits per heavy atom. The summed E-state index contributed by atoms with van der Waals surface area (Å²) in [7, 11) is 1.35. The molecule has 0 aliphatic heterocycles. The first-order valence-electron chi connectivity index (χ1n) is 13.1. The van der Waals surface area contributed by atoms with Crippen LogP contribution in [-0.2, 0) is 25.6 Å². The van der Waals surface area contributed by atoms with Gasteiger partial charge in [-0.3, -0.25) is 14.3 Å². The number of nitrogens with one attached hydrogen (secondary N) is 3. The normalized spacial score (nSPS) is 12.6. The molecule has 3 N–H and O–H groups in total. The molecule has 2 amide bonds. The van der Waals surface area contributed by atoms with Crippen molar-refractivity contribution in [1.82, 2.24) is 25.7 Å². The van der Waals surface area contributed by atoms with Crippen molar-refractivity contribution in [3.63, 3.8) is 0 Å². The molecule has 3 aromatic rings. The second-order valence-electron chi connectivity index (χ2n) is 10.4. The van der Waals surface area contributed by atoms with Crippen LogP contribution >= 0.6 is 0 Å². The number of fused-ring (bicyclic) bond motifs is 1. The number of aromatic nitrogens is 2. The zero-order valence-electron chi connectivity index (χ0n) is 24.0. The minimum Gasteiger partial charge on any atom is -0.463 e. The van der Waals surface area contributed by atoms with Crippen molar-refractivity contribution in [2.75, 3.05) is 20.3 Å². The molecule has 11 nitrogen and oxygen atoms in total. The molecule has 0 fully saturated rings. The van der Waals surface area contributed by atoms with Crippen molar-refractivity contribution in [3.05, 3.63) is 77.6 Å². The topological polar surface area (TPSA) is 147 Å². The van der Waals surface area contributed by atoms with Gasteiger partial charge in [-0.15, -0.1) is 0 Å². The summed E-state index contributed by atoms with van der Waals surface area (Å²) in [6.45, 7) is 11.6. The lowest BCUT2D eigenvalue weighted by molar-refractivity contribution is -0.156. The third-order valence-corrected chi connectivity index (χ3v) is 6.24. The van der Waals surface area contributed by atoms with Crippen LogP contribution in [-0.4, -0.2) is 60.1 Å². The fraction of sp³-hybridized carbons (Fsp3) is 0.367. The Morgan fingerprint density at radius 2 is 1.78 bits per heavy atom. The average Bonchev–Trinajstić information content (AvgIpc) is 3.31. The summed E-state index contributed by atoms with van der Waals surface area (Å²) in [5.41, 5.74) is 2.11. The molecule has 11 heteroatoms. The van der Waals surface area contributed by atoms with Crippen molar-refractivity contribution in [1.29, 1.82) is 5.26 Å². The minimum atomic E-state index is -1.06. The van der Waals surface area contributed by atoms with E-state index in [-0.39, 0.29) is 18.8 Å². The van der Waals surface area contributed by atoms with Gasteiger partial charge in [0.25, 0.3) is 5.91 Å².